The van der Waals surface area contributed by atoms with Crippen LogP contribution in [0.1, 0.15) is 12.0 Å². The van der Waals surface area contributed by atoms with E-state index < -0.39 is 0 Å². The van der Waals surface area contributed by atoms with E-state index in [-0.39, 0.29) is 24.2 Å². The molecule has 0 bridgehead atoms. The van der Waals surface area contributed by atoms with Crippen LogP contribution in [0.15, 0.2) is 24.3 Å². The molecular weight excluding hydrogens is 240 g/mol. The van der Waals surface area contributed by atoms with Gasteiger partial charge in [-0.05, 0) is 17.7 Å². The smallest absolute Gasteiger partial charge is 0.225 e. The maximum atomic E-state index is 11.7. The fraction of sp³-hybridized carbons (Fsp3) is 0.333. The van der Waals surface area contributed by atoms with E-state index in [1.165, 1.54) is 0 Å². The van der Waals surface area contributed by atoms with Crippen molar-refractivity contribution in [3.05, 3.63) is 34.9 Å². The number of nitrogens with one attached hydrogen (secondary N) is 2. The zero-order valence-corrected chi connectivity index (χ0v) is 9.96. The summed E-state index contributed by atoms with van der Waals surface area (Å²) < 4.78 is 0. The molecule has 2 N–H and O–H groups in total. The van der Waals surface area contributed by atoms with Gasteiger partial charge in [-0.1, -0.05) is 23.7 Å². The van der Waals surface area contributed by atoms with E-state index in [4.69, 9.17) is 11.6 Å². The van der Waals surface area contributed by atoms with Gasteiger partial charge in [0.05, 0.1) is 5.92 Å². The summed E-state index contributed by atoms with van der Waals surface area (Å²) in [6.45, 7) is 0.895. The maximum Gasteiger partial charge on any atom is 0.225 e. The molecule has 1 aromatic rings. The Morgan fingerprint density at radius 3 is 2.71 bits per heavy atom. The van der Waals surface area contributed by atoms with Gasteiger partial charge < -0.3 is 10.6 Å². The largest absolute Gasteiger partial charge is 0.355 e. The lowest BCUT2D eigenvalue weighted by molar-refractivity contribution is -0.126. The molecule has 4 nitrogen and oxygen atoms in total. The van der Waals surface area contributed by atoms with Crippen molar-refractivity contribution < 1.29 is 9.59 Å². The van der Waals surface area contributed by atoms with E-state index >= 15 is 0 Å². The molecule has 1 aromatic carbocycles. The van der Waals surface area contributed by atoms with Gasteiger partial charge in [0.15, 0.2) is 0 Å². The topological polar surface area (TPSA) is 58.2 Å². The van der Waals surface area contributed by atoms with Crippen molar-refractivity contribution in [3.8, 4) is 0 Å². The van der Waals surface area contributed by atoms with E-state index in [1.807, 2.05) is 12.1 Å². The number of carbonyl (C=O) groups is 2. The molecule has 0 aliphatic carbocycles. The minimum atomic E-state index is -0.241. The molecule has 2 amide bonds. The van der Waals surface area contributed by atoms with E-state index in [1.54, 1.807) is 12.1 Å². The summed E-state index contributed by atoms with van der Waals surface area (Å²) in [5.41, 5.74) is 0.986. The van der Waals surface area contributed by atoms with Gasteiger partial charge in [0.25, 0.3) is 0 Å². The first-order chi connectivity index (χ1) is 8.15. The van der Waals surface area contributed by atoms with Crippen molar-refractivity contribution in [2.45, 2.75) is 13.0 Å². The molecule has 1 unspecified atom stereocenters. The summed E-state index contributed by atoms with van der Waals surface area (Å²) in [6, 6.07) is 7.29. The van der Waals surface area contributed by atoms with E-state index in [9.17, 15) is 9.59 Å². The zero-order chi connectivity index (χ0) is 12.3. The molecule has 2 rings (SSSR count). The fourth-order valence-electron chi connectivity index (χ4n) is 1.73. The predicted molar refractivity (Wildman–Crippen MR) is 64.4 cm³/mol. The van der Waals surface area contributed by atoms with Gasteiger partial charge in [-0.2, -0.15) is 0 Å². The van der Waals surface area contributed by atoms with Gasteiger partial charge in [0, 0.05) is 24.5 Å². The molecule has 1 heterocycles. The van der Waals surface area contributed by atoms with Gasteiger partial charge in [0.2, 0.25) is 11.8 Å². The fourth-order valence-corrected chi connectivity index (χ4v) is 1.85. The molecule has 1 fully saturated rings. The highest BCUT2D eigenvalue weighted by Crippen LogP contribution is 2.11. The predicted octanol–water partition coefficient (Wildman–Crippen LogP) is 1.09. The lowest BCUT2D eigenvalue weighted by Crippen LogP contribution is -2.31. The number of benzene rings is 1. The van der Waals surface area contributed by atoms with Gasteiger partial charge in [0.1, 0.15) is 0 Å². The summed E-state index contributed by atoms with van der Waals surface area (Å²) >= 11 is 5.76. The van der Waals surface area contributed by atoms with Crippen LogP contribution in [0.2, 0.25) is 5.02 Å². The highest BCUT2D eigenvalue weighted by atomic mass is 35.5. The van der Waals surface area contributed by atoms with Crippen molar-refractivity contribution in [1.82, 2.24) is 10.6 Å². The SMILES string of the molecule is O=C1CC(C(=O)NCc2ccc(Cl)cc2)CN1. The van der Waals surface area contributed by atoms with Gasteiger partial charge in [-0.15, -0.1) is 0 Å². The molecule has 1 saturated heterocycles. The van der Waals surface area contributed by atoms with Crippen LogP contribution in [0.25, 0.3) is 0 Å². The Hall–Kier alpha value is -1.55. The summed E-state index contributed by atoms with van der Waals surface area (Å²) in [7, 11) is 0. The molecule has 0 saturated carbocycles. The Labute approximate surface area is 104 Å². The third-order valence-electron chi connectivity index (χ3n) is 2.73. The molecule has 0 radical (unpaired) electrons. The summed E-state index contributed by atoms with van der Waals surface area (Å²) in [4.78, 5) is 22.7. The molecule has 90 valence electrons. The molecule has 0 aromatic heterocycles. The first kappa shape index (κ1) is 11.9. The number of halogens is 1. The van der Waals surface area contributed by atoms with Crippen molar-refractivity contribution in [1.29, 1.82) is 0 Å². The first-order valence-electron chi connectivity index (χ1n) is 5.44. The average molecular weight is 253 g/mol. The second-order valence-corrected chi connectivity index (χ2v) is 4.49. The molecular formula is C12H13ClN2O2. The highest BCUT2D eigenvalue weighted by Gasteiger charge is 2.27. The summed E-state index contributed by atoms with van der Waals surface area (Å²) in [5, 5.41) is 6.12. The Morgan fingerprint density at radius 2 is 2.12 bits per heavy atom. The van der Waals surface area contributed by atoms with Crippen LogP contribution in [-0.2, 0) is 16.1 Å². The quantitative estimate of drug-likeness (QED) is 0.846. The summed E-state index contributed by atoms with van der Waals surface area (Å²) in [5.74, 6) is -0.384. The minimum Gasteiger partial charge on any atom is -0.355 e. The van der Waals surface area contributed by atoms with Crippen molar-refractivity contribution >= 4 is 23.4 Å². The van der Waals surface area contributed by atoms with Crippen LogP contribution in [-0.4, -0.2) is 18.4 Å². The van der Waals surface area contributed by atoms with E-state index in [2.05, 4.69) is 10.6 Å². The number of hydrogen-bond donors (Lipinski definition) is 2. The monoisotopic (exact) mass is 252 g/mol. The van der Waals surface area contributed by atoms with Crippen molar-refractivity contribution in [2.24, 2.45) is 5.92 Å². The number of hydrogen-bond acceptors (Lipinski definition) is 2. The Morgan fingerprint density at radius 1 is 1.41 bits per heavy atom. The lowest BCUT2D eigenvalue weighted by Gasteiger charge is -2.09. The molecule has 1 aliphatic rings. The van der Waals surface area contributed by atoms with Gasteiger partial charge in [-0.3, -0.25) is 9.59 Å². The van der Waals surface area contributed by atoms with Gasteiger partial charge >= 0.3 is 0 Å². The van der Waals surface area contributed by atoms with Crippen LogP contribution >= 0.6 is 11.6 Å². The van der Waals surface area contributed by atoms with Crippen LogP contribution < -0.4 is 10.6 Å². The molecule has 1 aliphatic heterocycles. The number of carbonyl (C=O) groups excluding carboxylic acids is 2. The third kappa shape index (κ3) is 3.20. The average Bonchev–Trinajstić information content (AvgIpc) is 2.75. The normalized spacial score (nSPS) is 18.9. The lowest BCUT2D eigenvalue weighted by atomic mass is 10.1. The zero-order valence-electron chi connectivity index (χ0n) is 9.20. The van der Waals surface area contributed by atoms with E-state index in [0.717, 1.165) is 5.56 Å². The molecule has 1 atom stereocenters. The molecule has 0 spiro atoms. The first-order valence-corrected chi connectivity index (χ1v) is 5.82. The van der Waals surface area contributed by atoms with Crippen LogP contribution in [0.5, 0.6) is 0 Å². The van der Waals surface area contributed by atoms with Crippen LogP contribution in [0.3, 0.4) is 0 Å². The second kappa shape index (κ2) is 5.19. The summed E-state index contributed by atoms with van der Waals surface area (Å²) in [6.07, 6.45) is 0.284. The van der Waals surface area contributed by atoms with Crippen molar-refractivity contribution in [2.75, 3.05) is 6.54 Å². The Bertz CT molecular complexity index is 431. The van der Waals surface area contributed by atoms with Crippen LogP contribution in [0, 0.1) is 5.92 Å². The second-order valence-electron chi connectivity index (χ2n) is 4.05. The molecule has 5 heteroatoms. The highest BCUT2D eigenvalue weighted by molar-refractivity contribution is 6.30. The maximum absolute atomic E-state index is 11.7. The Kier molecular flexibility index (Phi) is 3.64. The van der Waals surface area contributed by atoms with Crippen LogP contribution in [0.4, 0.5) is 0 Å². The molecule has 17 heavy (non-hydrogen) atoms. The standard InChI is InChI=1S/C12H13ClN2O2/c13-10-3-1-8(2-4-10)6-15-12(17)9-5-11(16)14-7-9/h1-4,9H,5-7H2,(H,14,16)(H,15,17). The van der Waals surface area contributed by atoms with Crippen molar-refractivity contribution in [3.63, 3.8) is 0 Å². The third-order valence-corrected chi connectivity index (χ3v) is 2.98. The van der Waals surface area contributed by atoms with E-state index in [0.29, 0.717) is 18.1 Å². The Balaban J connectivity index is 1.84. The van der Waals surface area contributed by atoms with Gasteiger partial charge in [-0.25, -0.2) is 0 Å². The number of amides is 2. The minimum absolute atomic E-state index is 0.0587. The number of rotatable bonds is 3.